The van der Waals surface area contributed by atoms with Crippen molar-refractivity contribution in [1.82, 2.24) is 0 Å². The molecule has 4 rings (SSSR count). The largest absolute Gasteiger partial charge is 0.497 e. The van der Waals surface area contributed by atoms with E-state index in [-0.39, 0.29) is 17.3 Å². The van der Waals surface area contributed by atoms with Gasteiger partial charge >= 0.3 is 11.9 Å². The lowest BCUT2D eigenvalue weighted by Gasteiger charge is -2.10. The van der Waals surface area contributed by atoms with E-state index in [0.29, 0.717) is 28.2 Å². The molecule has 0 unspecified atom stereocenters. The van der Waals surface area contributed by atoms with Gasteiger partial charge in [-0.2, -0.15) is 0 Å². The van der Waals surface area contributed by atoms with Crippen LogP contribution in [0.5, 0.6) is 17.2 Å². The summed E-state index contributed by atoms with van der Waals surface area (Å²) in [7, 11) is 3.02. The van der Waals surface area contributed by atoms with Crippen LogP contribution in [0.1, 0.15) is 21.5 Å². The lowest BCUT2D eigenvalue weighted by molar-refractivity contribution is -0.129. The fourth-order valence-electron chi connectivity index (χ4n) is 3.04. The molecule has 0 saturated carbocycles. The first-order valence-corrected chi connectivity index (χ1v) is 9.69. The fourth-order valence-corrected chi connectivity index (χ4v) is 3.04. The molecule has 3 aromatic carbocycles. The summed E-state index contributed by atoms with van der Waals surface area (Å²) < 4.78 is 21.3. The monoisotopic (exact) mass is 429 g/mol. The highest BCUT2D eigenvalue weighted by Crippen LogP contribution is 2.30. The zero-order valence-electron chi connectivity index (χ0n) is 17.4. The smallest absolute Gasteiger partial charge is 0.363 e. The number of benzene rings is 3. The van der Waals surface area contributed by atoms with Gasteiger partial charge in [-0.3, -0.25) is 0 Å². The maximum Gasteiger partial charge on any atom is 0.363 e. The fraction of sp³-hybridized carbons (Fsp3) is 0.0800. The average Bonchev–Trinajstić information content (AvgIpc) is 3.20. The molecule has 0 saturated heterocycles. The number of hydrogen-bond acceptors (Lipinski definition) is 7. The molecule has 0 aromatic heterocycles. The number of esters is 2. The normalized spacial score (nSPS) is 14.0. The molecule has 7 heteroatoms. The van der Waals surface area contributed by atoms with Crippen LogP contribution in [-0.4, -0.2) is 32.1 Å². The molecule has 0 radical (unpaired) electrons. The summed E-state index contributed by atoms with van der Waals surface area (Å²) in [6.07, 6.45) is 1.57. The standard InChI is InChI=1S/C25H19NO6/c1-29-19-10-6-9-18(15-19)23-26-20(25(28)32-23)13-16-11-12-21(22(14-16)30-2)31-24(27)17-7-4-3-5-8-17/h3-15H,1-2H3/b20-13-. The summed E-state index contributed by atoms with van der Waals surface area (Å²) in [4.78, 5) is 28.9. The molecule has 160 valence electrons. The van der Waals surface area contributed by atoms with E-state index in [9.17, 15) is 9.59 Å². The Morgan fingerprint density at radius 1 is 0.906 bits per heavy atom. The van der Waals surface area contributed by atoms with E-state index in [4.69, 9.17) is 18.9 Å². The SMILES string of the molecule is COc1cccc(C2=N/C(=C\c3ccc(OC(=O)c4ccccc4)c(OC)c3)C(=O)O2)c1. The molecular weight excluding hydrogens is 410 g/mol. The molecule has 0 fully saturated rings. The quantitative estimate of drug-likeness (QED) is 0.331. The number of aliphatic imine (C=N–C) groups is 1. The van der Waals surface area contributed by atoms with Gasteiger partial charge in [-0.15, -0.1) is 0 Å². The van der Waals surface area contributed by atoms with E-state index >= 15 is 0 Å². The number of methoxy groups -OCH3 is 2. The van der Waals surface area contributed by atoms with Crippen LogP contribution in [0, 0.1) is 0 Å². The van der Waals surface area contributed by atoms with Gasteiger partial charge in [0.15, 0.2) is 17.2 Å². The molecule has 0 spiro atoms. The van der Waals surface area contributed by atoms with Crippen molar-refractivity contribution in [3.63, 3.8) is 0 Å². The van der Waals surface area contributed by atoms with Gasteiger partial charge in [-0.25, -0.2) is 14.6 Å². The third kappa shape index (κ3) is 4.52. The van der Waals surface area contributed by atoms with Crippen molar-refractivity contribution in [2.24, 2.45) is 4.99 Å². The van der Waals surface area contributed by atoms with Crippen LogP contribution >= 0.6 is 0 Å². The van der Waals surface area contributed by atoms with E-state index in [1.807, 2.05) is 6.07 Å². The maximum absolute atomic E-state index is 12.3. The van der Waals surface area contributed by atoms with Crippen LogP contribution in [0.15, 0.2) is 83.5 Å². The first-order chi connectivity index (χ1) is 15.6. The Morgan fingerprint density at radius 2 is 1.72 bits per heavy atom. The second kappa shape index (κ2) is 9.18. The van der Waals surface area contributed by atoms with Crippen LogP contribution in [-0.2, 0) is 9.53 Å². The topological polar surface area (TPSA) is 83.4 Å². The Hall–Kier alpha value is -4.39. The molecule has 0 bridgehead atoms. The van der Waals surface area contributed by atoms with Gasteiger partial charge in [-0.1, -0.05) is 30.3 Å². The zero-order valence-corrected chi connectivity index (χ0v) is 17.4. The van der Waals surface area contributed by atoms with E-state index in [1.54, 1.807) is 79.9 Å². The minimum absolute atomic E-state index is 0.138. The molecule has 1 aliphatic rings. The Morgan fingerprint density at radius 3 is 2.47 bits per heavy atom. The van der Waals surface area contributed by atoms with Crippen molar-refractivity contribution in [3.8, 4) is 17.2 Å². The second-order valence-electron chi connectivity index (χ2n) is 6.73. The van der Waals surface area contributed by atoms with Crippen molar-refractivity contribution < 1.29 is 28.5 Å². The predicted molar refractivity (Wildman–Crippen MR) is 118 cm³/mol. The van der Waals surface area contributed by atoms with Crippen molar-refractivity contribution in [1.29, 1.82) is 0 Å². The molecule has 3 aromatic rings. The molecular formula is C25H19NO6. The summed E-state index contributed by atoms with van der Waals surface area (Å²) in [5, 5.41) is 0. The average molecular weight is 429 g/mol. The van der Waals surface area contributed by atoms with Crippen molar-refractivity contribution in [2.45, 2.75) is 0 Å². The maximum atomic E-state index is 12.3. The third-order valence-electron chi connectivity index (χ3n) is 4.64. The molecule has 0 atom stereocenters. The van der Waals surface area contributed by atoms with Crippen molar-refractivity contribution in [3.05, 3.63) is 95.2 Å². The van der Waals surface area contributed by atoms with Gasteiger partial charge in [0, 0.05) is 5.56 Å². The number of hydrogen-bond donors (Lipinski definition) is 0. The van der Waals surface area contributed by atoms with Crippen LogP contribution in [0.2, 0.25) is 0 Å². The van der Waals surface area contributed by atoms with Crippen molar-refractivity contribution in [2.75, 3.05) is 14.2 Å². The van der Waals surface area contributed by atoms with Crippen LogP contribution < -0.4 is 14.2 Å². The summed E-state index contributed by atoms with van der Waals surface area (Å²) in [5.41, 5.74) is 1.82. The first-order valence-electron chi connectivity index (χ1n) is 9.69. The van der Waals surface area contributed by atoms with Crippen LogP contribution in [0.25, 0.3) is 6.08 Å². The zero-order chi connectivity index (χ0) is 22.5. The Kier molecular flexibility index (Phi) is 5.98. The van der Waals surface area contributed by atoms with Crippen LogP contribution in [0.4, 0.5) is 0 Å². The van der Waals surface area contributed by atoms with E-state index in [0.717, 1.165) is 0 Å². The molecule has 0 amide bonds. The number of carbonyl (C=O) groups is 2. The summed E-state index contributed by atoms with van der Waals surface area (Å²) in [6.45, 7) is 0. The minimum Gasteiger partial charge on any atom is -0.497 e. The van der Waals surface area contributed by atoms with Gasteiger partial charge in [0.2, 0.25) is 5.90 Å². The van der Waals surface area contributed by atoms with Crippen molar-refractivity contribution >= 4 is 23.9 Å². The van der Waals surface area contributed by atoms with Gasteiger partial charge in [0.25, 0.3) is 0 Å². The Balaban J connectivity index is 1.58. The predicted octanol–water partition coefficient (Wildman–Crippen LogP) is 4.27. The first kappa shape index (κ1) is 20.9. The van der Waals surface area contributed by atoms with Gasteiger partial charge < -0.3 is 18.9 Å². The highest BCUT2D eigenvalue weighted by molar-refractivity contribution is 6.13. The van der Waals surface area contributed by atoms with Gasteiger partial charge in [0.05, 0.1) is 19.8 Å². The second-order valence-corrected chi connectivity index (χ2v) is 6.73. The third-order valence-corrected chi connectivity index (χ3v) is 4.64. The summed E-state index contributed by atoms with van der Waals surface area (Å²) >= 11 is 0. The summed E-state index contributed by atoms with van der Waals surface area (Å²) in [6, 6.07) is 20.7. The Bertz CT molecular complexity index is 1230. The van der Waals surface area contributed by atoms with Crippen LogP contribution in [0.3, 0.4) is 0 Å². The molecule has 0 N–H and O–H groups in total. The molecule has 7 nitrogen and oxygen atoms in total. The number of rotatable bonds is 6. The van der Waals surface area contributed by atoms with E-state index in [1.165, 1.54) is 7.11 Å². The number of nitrogens with zero attached hydrogens (tertiary/aromatic N) is 1. The minimum atomic E-state index is -0.568. The number of carbonyl (C=O) groups excluding carboxylic acids is 2. The molecule has 1 aliphatic heterocycles. The highest BCUT2D eigenvalue weighted by atomic mass is 16.6. The van der Waals surface area contributed by atoms with Gasteiger partial charge in [0.1, 0.15) is 5.75 Å². The molecule has 32 heavy (non-hydrogen) atoms. The van der Waals surface area contributed by atoms with E-state index < -0.39 is 11.9 Å². The molecule has 1 heterocycles. The highest BCUT2D eigenvalue weighted by Gasteiger charge is 2.24. The summed E-state index contributed by atoms with van der Waals surface area (Å²) in [5.74, 6) is 0.359. The lowest BCUT2D eigenvalue weighted by Crippen LogP contribution is -2.09. The van der Waals surface area contributed by atoms with Gasteiger partial charge in [-0.05, 0) is 54.1 Å². The number of cyclic esters (lactones) is 1. The molecule has 0 aliphatic carbocycles. The van der Waals surface area contributed by atoms with E-state index in [2.05, 4.69) is 4.99 Å². The number of ether oxygens (including phenoxy) is 4. The lowest BCUT2D eigenvalue weighted by atomic mass is 10.1. The Labute approximate surface area is 184 Å².